The molecule has 0 aromatic heterocycles. The Kier molecular flexibility index (Phi) is 4.08. The molecule has 0 saturated carbocycles. The fourth-order valence-corrected chi connectivity index (χ4v) is 2.26. The Labute approximate surface area is 113 Å². The highest BCUT2D eigenvalue weighted by atomic mass is 79.9. The molecule has 1 atom stereocenters. The lowest BCUT2D eigenvalue weighted by Crippen LogP contribution is -2.46. The number of phenols is 2. The quantitative estimate of drug-likeness (QED) is 0.638. The van der Waals surface area contributed by atoms with E-state index in [-0.39, 0.29) is 29.1 Å². The molecule has 1 amide bonds. The van der Waals surface area contributed by atoms with Crippen molar-refractivity contribution < 1.29 is 19.7 Å². The van der Waals surface area contributed by atoms with Crippen molar-refractivity contribution in [2.45, 2.75) is 6.10 Å². The zero-order valence-electron chi connectivity index (χ0n) is 9.67. The molecular weight excluding hydrogens is 302 g/mol. The Morgan fingerprint density at radius 3 is 3.00 bits per heavy atom. The summed E-state index contributed by atoms with van der Waals surface area (Å²) >= 11 is 3.32. The SMILES string of the molecule is O=C(c1cccc(O)c1O)N1CCOC(CBr)C1. The van der Waals surface area contributed by atoms with Gasteiger partial charge in [0.1, 0.15) is 0 Å². The second-order valence-electron chi connectivity index (χ2n) is 4.07. The van der Waals surface area contributed by atoms with Crippen molar-refractivity contribution in [1.82, 2.24) is 4.90 Å². The van der Waals surface area contributed by atoms with Crippen LogP contribution in [0.5, 0.6) is 11.5 Å². The minimum absolute atomic E-state index is 0.0397. The lowest BCUT2D eigenvalue weighted by Gasteiger charge is -2.32. The summed E-state index contributed by atoms with van der Waals surface area (Å²) in [5, 5.41) is 19.7. The molecular formula is C12H14BrNO4. The maximum Gasteiger partial charge on any atom is 0.257 e. The van der Waals surface area contributed by atoms with E-state index < -0.39 is 0 Å². The van der Waals surface area contributed by atoms with Gasteiger partial charge >= 0.3 is 0 Å². The Balaban J connectivity index is 2.18. The number of phenolic OH excluding ortho intramolecular Hbond substituents is 2. The molecule has 1 aromatic carbocycles. The van der Waals surface area contributed by atoms with Gasteiger partial charge in [-0.25, -0.2) is 0 Å². The Bertz CT molecular complexity index is 452. The first-order valence-electron chi connectivity index (χ1n) is 5.61. The fraction of sp³-hybridized carbons (Fsp3) is 0.417. The lowest BCUT2D eigenvalue weighted by molar-refractivity contribution is -0.00976. The number of nitrogens with zero attached hydrogens (tertiary/aromatic N) is 1. The summed E-state index contributed by atoms with van der Waals surface area (Å²) in [6, 6.07) is 4.37. The van der Waals surface area contributed by atoms with Gasteiger partial charge in [-0.3, -0.25) is 4.79 Å². The van der Waals surface area contributed by atoms with E-state index in [1.54, 1.807) is 4.90 Å². The van der Waals surface area contributed by atoms with Gasteiger partial charge in [0.15, 0.2) is 11.5 Å². The number of rotatable bonds is 2. The third kappa shape index (κ3) is 2.59. The summed E-state index contributed by atoms with van der Waals surface area (Å²) in [4.78, 5) is 13.8. The number of halogens is 1. The van der Waals surface area contributed by atoms with E-state index in [2.05, 4.69) is 15.9 Å². The van der Waals surface area contributed by atoms with E-state index in [4.69, 9.17) is 4.74 Å². The Hall–Kier alpha value is -1.27. The predicted octanol–water partition coefficient (Wildman–Crippen LogP) is 1.33. The summed E-state index contributed by atoms with van der Waals surface area (Å²) in [7, 11) is 0. The molecule has 5 nitrogen and oxygen atoms in total. The van der Waals surface area contributed by atoms with Crippen LogP contribution in [0.1, 0.15) is 10.4 Å². The molecule has 1 aliphatic heterocycles. The maximum absolute atomic E-state index is 12.2. The van der Waals surface area contributed by atoms with E-state index >= 15 is 0 Å². The number of hydrogen-bond donors (Lipinski definition) is 2. The van der Waals surface area contributed by atoms with Crippen molar-refractivity contribution in [2.75, 3.05) is 25.0 Å². The molecule has 0 radical (unpaired) electrons. The van der Waals surface area contributed by atoms with Crippen LogP contribution in [0.15, 0.2) is 18.2 Å². The second-order valence-corrected chi connectivity index (χ2v) is 4.72. The highest BCUT2D eigenvalue weighted by Crippen LogP contribution is 2.29. The third-order valence-electron chi connectivity index (χ3n) is 2.84. The van der Waals surface area contributed by atoms with Gasteiger partial charge in [0.25, 0.3) is 5.91 Å². The van der Waals surface area contributed by atoms with Gasteiger partial charge in [-0.2, -0.15) is 0 Å². The summed E-state index contributed by atoms with van der Waals surface area (Å²) in [6.07, 6.45) is -0.0397. The molecule has 1 unspecified atom stereocenters. The topological polar surface area (TPSA) is 70.0 Å². The molecule has 2 N–H and O–H groups in total. The average molecular weight is 316 g/mol. The number of ether oxygens (including phenoxy) is 1. The molecule has 1 heterocycles. The largest absolute Gasteiger partial charge is 0.504 e. The minimum Gasteiger partial charge on any atom is -0.504 e. The van der Waals surface area contributed by atoms with Crippen LogP contribution in [0.2, 0.25) is 0 Å². The van der Waals surface area contributed by atoms with Crippen LogP contribution in [0.25, 0.3) is 0 Å². The summed E-state index contributed by atoms with van der Waals surface area (Å²) in [5.74, 6) is -0.951. The van der Waals surface area contributed by atoms with E-state index in [0.717, 1.165) is 0 Å². The highest BCUT2D eigenvalue weighted by Gasteiger charge is 2.26. The molecule has 0 aliphatic carbocycles. The average Bonchev–Trinajstić information content (AvgIpc) is 2.41. The van der Waals surface area contributed by atoms with Crippen LogP contribution < -0.4 is 0 Å². The number of para-hydroxylation sites is 1. The van der Waals surface area contributed by atoms with Crippen LogP contribution in [0.3, 0.4) is 0 Å². The minimum atomic E-state index is -0.371. The van der Waals surface area contributed by atoms with Gasteiger partial charge in [-0.15, -0.1) is 0 Å². The van der Waals surface area contributed by atoms with Crippen molar-refractivity contribution in [3.05, 3.63) is 23.8 Å². The molecule has 1 aliphatic rings. The first kappa shape index (κ1) is 13.2. The zero-order valence-corrected chi connectivity index (χ0v) is 11.3. The Morgan fingerprint density at radius 1 is 1.50 bits per heavy atom. The van der Waals surface area contributed by atoms with Crippen molar-refractivity contribution in [3.8, 4) is 11.5 Å². The van der Waals surface area contributed by atoms with Crippen LogP contribution in [0.4, 0.5) is 0 Å². The number of carbonyl (C=O) groups excluding carboxylic acids is 1. The van der Waals surface area contributed by atoms with E-state index in [1.165, 1.54) is 18.2 Å². The van der Waals surface area contributed by atoms with Gasteiger partial charge in [-0.05, 0) is 12.1 Å². The molecule has 98 valence electrons. The van der Waals surface area contributed by atoms with Crippen LogP contribution in [-0.4, -0.2) is 52.2 Å². The highest BCUT2D eigenvalue weighted by molar-refractivity contribution is 9.09. The van der Waals surface area contributed by atoms with Crippen LogP contribution in [-0.2, 0) is 4.74 Å². The summed E-state index contributed by atoms with van der Waals surface area (Å²) in [6.45, 7) is 1.43. The van der Waals surface area contributed by atoms with Crippen molar-refractivity contribution in [2.24, 2.45) is 0 Å². The number of amides is 1. The van der Waals surface area contributed by atoms with E-state index in [0.29, 0.717) is 25.0 Å². The first-order valence-corrected chi connectivity index (χ1v) is 6.73. The zero-order chi connectivity index (χ0) is 13.1. The monoisotopic (exact) mass is 315 g/mol. The van der Waals surface area contributed by atoms with Gasteiger partial charge in [0.2, 0.25) is 0 Å². The smallest absolute Gasteiger partial charge is 0.257 e. The number of hydrogen-bond acceptors (Lipinski definition) is 4. The predicted molar refractivity (Wildman–Crippen MR) is 69.2 cm³/mol. The van der Waals surface area contributed by atoms with Crippen molar-refractivity contribution in [3.63, 3.8) is 0 Å². The van der Waals surface area contributed by atoms with Gasteiger partial charge in [0, 0.05) is 18.4 Å². The lowest BCUT2D eigenvalue weighted by atomic mass is 10.1. The number of benzene rings is 1. The maximum atomic E-state index is 12.2. The van der Waals surface area contributed by atoms with Crippen LogP contribution in [0, 0.1) is 0 Å². The molecule has 1 aromatic rings. The molecule has 2 rings (SSSR count). The van der Waals surface area contributed by atoms with E-state index in [9.17, 15) is 15.0 Å². The summed E-state index contributed by atoms with van der Waals surface area (Å²) in [5.41, 5.74) is 0.116. The molecule has 0 bridgehead atoms. The third-order valence-corrected chi connectivity index (χ3v) is 3.57. The Morgan fingerprint density at radius 2 is 2.28 bits per heavy atom. The molecule has 1 fully saturated rings. The first-order chi connectivity index (χ1) is 8.63. The van der Waals surface area contributed by atoms with Gasteiger partial charge < -0.3 is 19.8 Å². The van der Waals surface area contributed by atoms with Crippen molar-refractivity contribution >= 4 is 21.8 Å². The molecule has 0 spiro atoms. The molecule has 18 heavy (non-hydrogen) atoms. The second kappa shape index (κ2) is 5.58. The number of alkyl halides is 1. The van der Waals surface area contributed by atoms with Gasteiger partial charge in [-0.1, -0.05) is 22.0 Å². The van der Waals surface area contributed by atoms with Crippen LogP contribution >= 0.6 is 15.9 Å². The summed E-state index contributed by atoms with van der Waals surface area (Å²) < 4.78 is 5.44. The molecule has 1 saturated heterocycles. The van der Waals surface area contributed by atoms with Gasteiger partial charge in [0.05, 0.1) is 18.3 Å². The fourth-order valence-electron chi connectivity index (χ4n) is 1.87. The number of morpholine rings is 1. The molecule has 6 heteroatoms. The standard InChI is InChI=1S/C12H14BrNO4/c13-6-8-7-14(4-5-18-8)12(17)9-2-1-3-10(15)11(9)16/h1-3,8,15-16H,4-7H2. The number of aromatic hydroxyl groups is 2. The normalized spacial score (nSPS) is 19.8. The van der Waals surface area contributed by atoms with E-state index in [1.807, 2.05) is 0 Å². The van der Waals surface area contributed by atoms with Crippen molar-refractivity contribution in [1.29, 1.82) is 0 Å². The number of carbonyl (C=O) groups is 1.